The van der Waals surface area contributed by atoms with Crippen LogP contribution in [0, 0.1) is 0 Å². The molecule has 75 heavy (non-hydrogen) atoms. The number of carboxylic acid groups (broad SMARTS) is 1. The summed E-state index contributed by atoms with van der Waals surface area (Å²) >= 11 is 0. The Hall–Kier alpha value is -7.77. The molecule has 5 aromatic heterocycles. The number of hydrogen-bond acceptors (Lipinski definition) is 21. The van der Waals surface area contributed by atoms with Gasteiger partial charge in [-0.3, -0.25) is 9.59 Å². The minimum absolute atomic E-state index is 0.0441. The van der Waals surface area contributed by atoms with Crippen molar-refractivity contribution in [1.82, 2.24) is 54.9 Å². The summed E-state index contributed by atoms with van der Waals surface area (Å²) in [5.74, 6) is 0.0235. The van der Waals surface area contributed by atoms with Gasteiger partial charge in [-0.1, -0.05) is 18.2 Å². The lowest BCUT2D eigenvalue weighted by Gasteiger charge is -2.39. The zero-order valence-electron chi connectivity index (χ0n) is 41.4. The highest BCUT2D eigenvalue weighted by atomic mass is 16.6. The Morgan fingerprint density at radius 3 is 2.35 bits per heavy atom. The maximum Gasteiger partial charge on any atom is 0.328 e. The smallest absolute Gasteiger partial charge is 0.328 e. The SMILES string of the molecule is Nc1nc2cc(-c3nn(Cc4ccc5c(c4)CCN(C(=O)CCOCCOCCOCCOCCCC(=O)c4cnc(N6CCN(c7ncc8c(n7)CCNC8)C[C@@H]6C(=O)O)nc4)C5)c4ncnc(N)c34)ccc2o1. The van der Waals surface area contributed by atoms with E-state index < -0.39 is 12.0 Å². The molecular formula is C51H59N15O9. The third-order valence-corrected chi connectivity index (χ3v) is 13.4. The van der Waals surface area contributed by atoms with Crippen LogP contribution in [-0.4, -0.2) is 164 Å². The summed E-state index contributed by atoms with van der Waals surface area (Å²) in [6.07, 6.45) is 8.73. The van der Waals surface area contributed by atoms with Crippen molar-refractivity contribution in [3.05, 3.63) is 94.8 Å². The van der Waals surface area contributed by atoms with Crippen LogP contribution in [0.15, 0.2) is 65.7 Å². The van der Waals surface area contributed by atoms with Gasteiger partial charge >= 0.3 is 5.97 Å². The van der Waals surface area contributed by atoms with Crippen molar-refractivity contribution in [3.63, 3.8) is 0 Å². The zero-order chi connectivity index (χ0) is 51.7. The molecule has 7 aromatic rings. The molecule has 1 fully saturated rings. The number of benzene rings is 2. The molecule has 2 aromatic carbocycles. The standard InChI is InChI=1S/C51H59N15O9/c52-46-44-45(34-5-6-42-39(23-34)60-49(53)75-42)62-66(47(44)59-31-58-46)28-32-3-4-35-29-63(11-8-33(35)22-32)43(68)9-15-72-17-19-74-21-20-73-18-16-71-14-1-2-41(67)37-26-55-50(56-27-37)65-13-12-64(30-40(65)48(69)70)51-57-25-36-24-54-10-7-38(36)61-51/h3-6,22-23,25-27,31,40,54H,1-2,7-21,24,28-30H2,(H2,53,60)(H,69,70)(H2,52,58,59)/t40-/m1/s1. The monoisotopic (exact) mass is 1030 g/mol. The first kappa shape index (κ1) is 50.7. The fraction of sp³-hybridized carbons (Fsp3) is 0.431. The Bertz CT molecular complexity index is 3150. The van der Waals surface area contributed by atoms with Gasteiger partial charge in [0, 0.05) is 88.4 Å². The second-order valence-electron chi connectivity index (χ2n) is 18.4. The van der Waals surface area contributed by atoms with Gasteiger partial charge in [0.2, 0.25) is 17.8 Å². The summed E-state index contributed by atoms with van der Waals surface area (Å²) in [6.45, 7) is 7.19. The molecule has 0 saturated carbocycles. The average Bonchev–Trinajstić information content (AvgIpc) is 4.01. The molecule has 392 valence electrons. The van der Waals surface area contributed by atoms with Crippen LogP contribution < -0.4 is 26.6 Å². The van der Waals surface area contributed by atoms with Crippen molar-refractivity contribution in [2.45, 2.75) is 57.8 Å². The minimum Gasteiger partial charge on any atom is -0.480 e. The van der Waals surface area contributed by atoms with Gasteiger partial charge in [0.1, 0.15) is 29.4 Å². The molecule has 24 heteroatoms. The number of oxazole rings is 1. The minimum atomic E-state index is -1.00. The van der Waals surface area contributed by atoms with E-state index in [9.17, 15) is 19.5 Å². The van der Waals surface area contributed by atoms with Crippen LogP contribution in [0.5, 0.6) is 0 Å². The van der Waals surface area contributed by atoms with Gasteiger partial charge in [-0.15, -0.1) is 0 Å². The maximum atomic E-state index is 13.1. The Morgan fingerprint density at radius 1 is 0.773 bits per heavy atom. The topological polar surface area (TPSA) is 303 Å². The van der Waals surface area contributed by atoms with Gasteiger partial charge < -0.3 is 60.0 Å². The molecule has 0 radical (unpaired) electrons. The molecule has 0 bridgehead atoms. The van der Waals surface area contributed by atoms with E-state index in [1.807, 2.05) is 32.8 Å². The summed E-state index contributed by atoms with van der Waals surface area (Å²) in [6, 6.07) is 11.0. The third kappa shape index (κ3) is 12.1. The normalized spacial score (nSPS) is 15.6. The van der Waals surface area contributed by atoms with Gasteiger partial charge in [0.25, 0.3) is 6.01 Å². The molecule has 6 N–H and O–H groups in total. The van der Waals surface area contributed by atoms with Crippen molar-refractivity contribution < 1.29 is 42.9 Å². The van der Waals surface area contributed by atoms with E-state index in [1.165, 1.54) is 24.3 Å². The molecule has 3 aliphatic rings. The van der Waals surface area contributed by atoms with Gasteiger partial charge in [-0.05, 0) is 47.7 Å². The number of carboxylic acids is 1. The number of carbonyl (C=O) groups is 3. The lowest BCUT2D eigenvalue weighted by molar-refractivity contribution is -0.138. The zero-order valence-corrected chi connectivity index (χ0v) is 41.4. The number of nitrogens with one attached hydrogen (secondary N) is 1. The molecule has 1 amide bonds. The number of fused-ring (bicyclic) bond motifs is 4. The Balaban J connectivity index is 0.561. The van der Waals surface area contributed by atoms with E-state index >= 15 is 0 Å². The number of aromatic nitrogens is 9. The number of amides is 1. The number of ether oxygens (including phenoxy) is 4. The lowest BCUT2D eigenvalue weighted by atomic mass is 9.97. The molecule has 0 aliphatic carbocycles. The molecule has 10 rings (SSSR count). The number of carbonyl (C=O) groups excluding carboxylic acids is 2. The van der Waals surface area contributed by atoms with Crippen molar-refractivity contribution in [2.75, 3.05) is 107 Å². The van der Waals surface area contributed by atoms with Crippen LogP contribution in [0.4, 0.5) is 23.7 Å². The van der Waals surface area contributed by atoms with Gasteiger partial charge in [-0.25, -0.2) is 39.4 Å². The number of rotatable bonds is 23. The molecule has 8 heterocycles. The summed E-state index contributed by atoms with van der Waals surface area (Å²) in [5.41, 5.74) is 21.1. The summed E-state index contributed by atoms with van der Waals surface area (Å²) in [5, 5.41) is 19.0. The number of aliphatic carboxylic acids is 1. The van der Waals surface area contributed by atoms with E-state index in [-0.39, 0.29) is 43.0 Å². The van der Waals surface area contributed by atoms with Gasteiger partial charge in [0.05, 0.1) is 82.4 Å². The number of nitrogen functional groups attached to an aromatic ring is 2. The van der Waals surface area contributed by atoms with E-state index in [0.29, 0.717) is 137 Å². The number of nitrogens with zero attached hydrogens (tertiary/aromatic N) is 12. The largest absolute Gasteiger partial charge is 0.480 e. The molecular weight excluding hydrogens is 967 g/mol. The second-order valence-corrected chi connectivity index (χ2v) is 18.4. The number of anilines is 4. The highest BCUT2D eigenvalue weighted by molar-refractivity contribution is 5.99. The van der Waals surface area contributed by atoms with Crippen molar-refractivity contribution in [1.29, 1.82) is 0 Å². The summed E-state index contributed by atoms with van der Waals surface area (Å²) in [7, 11) is 0. The first-order chi connectivity index (χ1) is 36.6. The Kier molecular flexibility index (Phi) is 16.0. The number of piperazine rings is 1. The highest BCUT2D eigenvalue weighted by Crippen LogP contribution is 2.33. The van der Waals surface area contributed by atoms with E-state index in [1.54, 1.807) is 11.0 Å². The van der Waals surface area contributed by atoms with Crippen LogP contribution in [0.1, 0.15) is 57.6 Å². The predicted molar refractivity (Wildman–Crippen MR) is 274 cm³/mol. The Morgan fingerprint density at radius 2 is 1.55 bits per heavy atom. The first-order valence-electron chi connectivity index (χ1n) is 25.1. The van der Waals surface area contributed by atoms with Crippen molar-refractivity contribution in [3.8, 4) is 11.3 Å². The highest BCUT2D eigenvalue weighted by Gasteiger charge is 2.35. The van der Waals surface area contributed by atoms with Crippen LogP contribution in [-0.2, 0) is 61.0 Å². The van der Waals surface area contributed by atoms with Gasteiger partial charge in [-0.2, -0.15) is 10.1 Å². The number of nitrogens with two attached hydrogens (primary N) is 2. The third-order valence-electron chi connectivity index (χ3n) is 13.4. The maximum absolute atomic E-state index is 13.1. The van der Waals surface area contributed by atoms with Gasteiger partial charge in [0.15, 0.2) is 17.0 Å². The quantitative estimate of drug-likeness (QED) is 0.0529. The molecule has 1 atom stereocenters. The predicted octanol–water partition coefficient (Wildman–Crippen LogP) is 2.86. The second kappa shape index (κ2) is 23.6. The molecule has 0 spiro atoms. The average molecular weight is 1030 g/mol. The number of Topliss-reactive ketones (excluding diaryl/α,β-unsaturated/α-hetero) is 1. The number of ketones is 1. The van der Waals surface area contributed by atoms with E-state index in [4.69, 9.17) is 44.9 Å². The van der Waals surface area contributed by atoms with Crippen LogP contribution in [0.2, 0.25) is 0 Å². The fourth-order valence-corrected chi connectivity index (χ4v) is 9.49. The van der Waals surface area contributed by atoms with E-state index in [0.717, 1.165) is 53.9 Å². The first-order valence-corrected chi connectivity index (χ1v) is 25.1. The molecule has 24 nitrogen and oxygen atoms in total. The molecule has 1 saturated heterocycles. The summed E-state index contributed by atoms with van der Waals surface area (Å²) in [4.78, 5) is 74.6. The van der Waals surface area contributed by atoms with E-state index in [2.05, 4.69) is 53.4 Å². The molecule has 3 aliphatic heterocycles. The van der Waals surface area contributed by atoms with Crippen LogP contribution in [0.3, 0.4) is 0 Å². The van der Waals surface area contributed by atoms with Crippen LogP contribution >= 0.6 is 0 Å². The Labute approximate surface area is 430 Å². The van der Waals surface area contributed by atoms with Crippen molar-refractivity contribution in [2.24, 2.45) is 0 Å². The number of hydrogen-bond donors (Lipinski definition) is 4. The molecule has 0 unspecified atom stereocenters. The summed E-state index contributed by atoms with van der Waals surface area (Å²) < 4.78 is 29.8. The lowest BCUT2D eigenvalue weighted by Crippen LogP contribution is -2.57. The fourth-order valence-electron chi connectivity index (χ4n) is 9.49. The van der Waals surface area contributed by atoms with Crippen LogP contribution in [0.25, 0.3) is 33.4 Å². The van der Waals surface area contributed by atoms with Crippen molar-refractivity contribution >= 4 is 63.5 Å².